The van der Waals surface area contributed by atoms with Gasteiger partial charge in [0.1, 0.15) is 5.75 Å². The summed E-state index contributed by atoms with van der Waals surface area (Å²) >= 11 is 0. The van der Waals surface area contributed by atoms with E-state index in [0.29, 0.717) is 12.2 Å². The number of aldehydes is 1. The molecule has 2 heteroatoms. The van der Waals surface area contributed by atoms with Gasteiger partial charge in [0.05, 0.1) is 12.2 Å². The van der Waals surface area contributed by atoms with Gasteiger partial charge >= 0.3 is 0 Å². The topological polar surface area (TPSA) is 26.3 Å². The van der Waals surface area contributed by atoms with Crippen molar-refractivity contribution in [3.63, 3.8) is 0 Å². The van der Waals surface area contributed by atoms with Crippen molar-refractivity contribution < 1.29 is 9.53 Å². The van der Waals surface area contributed by atoms with E-state index >= 15 is 0 Å². The maximum Gasteiger partial charge on any atom is 0.153 e. The average molecular weight is 326 g/mol. The van der Waals surface area contributed by atoms with E-state index < -0.39 is 0 Å². The lowest BCUT2D eigenvalue weighted by Crippen LogP contribution is -2.01. The summed E-state index contributed by atoms with van der Waals surface area (Å²) in [4.78, 5) is 11.3. The van der Waals surface area contributed by atoms with Crippen molar-refractivity contribution in [3.05, 3.63) is 42.0 Å². The van der Waals surface area contributed by atoms with Gasteiger partial charge in [-0.05, 0) is 17.9 Å². The highest BCUT2D eigenvalue weighted by atomic mass is 16.5. The summed E-state index contributed by atoms with van der Waals surface area (Å²) in [5.74, 6) is 0.739. The van der Waals surface area contributed by atoms with Crippen LogP contribution >= 0.6 is 0 Å². The minimum absolute atomic E-state index is 0.643. The van der Waals surface area contributed by atoms with Gasteiger partial charge in [-0.1, -0.05) is 88.6 Å². The van der Waals surface area contributed by atoms with Crippen LogP contribution in [0.2, 0.25) is 0 Å². The van der Waals surface area contributed by atoms with Gasteiger partial charge in [0.2, 0.25) is 0 Å². The molecular formula is C22H30O2. The molecule has 0 N–H and O–H groups in total. The van der Waals surface area contributed by atoms with Gasteiger partial charge in [0.25, 0.3) is 0 Å². The summed E-state index contributed by atoms with van der Waals surface area (Å²) < 4.78 is 5.97. The van der Waals surface area contributed by atoms with Crippen molar-refractivity contribution >= 4 is 17.1 Å². The third-order valence-electron chi connectivity index (χ3n) is 4.53. The zero-order valence-electron chi connectivity index (χ0n) is 14.9. The number of rotatable bonds is 12. The van der Waals surface area contributed by atoms with Gasteiger partial charge in [0.15, 0.2) is 6.29 Å². The maximum atomic E-state index is 11.3. The van der Waals surface area contributed by atoms with Gasteiger partial charge in [-0.15, -0.1) is 0 Å². The lowest BCUT2D eigenvalue weighted by molar-refractivity contribution is 0.111. The van der Waals surface area contributed by atoms with Crippen molar-refractivity contribution in [3.8, 4) is 5.75 Å². The zero-order valence-corrected chi connectivity index (χ0v) is 14.9. The van der Waals surface area contributed by atoms with Crippen molar-refractivity contribution in [2.75, 3.05) is 6.61 Å². The molecule has 0 spiro atoms. The number of benzene rings is 2. The normalized spacial score (nSPS) is 10.9. The van der Waals surface area contributed by atoms with Crippen LogP contribution < -0.4 is 4.74 Å². The Bertz CT molecular complexity index is 618. The molecule has 0 atom stereocenters. The number of ether oxygens (including phenoxy) is 1. The molecule has 0 aromatic heterocycles. The van der Waals surface area contributed by atoms with E-state index in [1.807, 2.05) is 30.3 Å². The van der Waals surface area contributed by atoms with Crippen LogP contribution in [0.15, 0.2) is 36.4 Å². The fourth-order valence-corrected chi connectivity index (χ4v) is 3.10. The number of fused-ring (bicyclic) bond motifs is 1. The Labute approximate surface area is 146 Å². The minimum Gasteiger partial charge on any atom is -0.492 e. The molecule has 130 valence electrons. The Morgan fingerprint density at radius 1 is 0.833 bits per heavy atom. The highest BCUT2D eigenvalue weighted by molar-refractivity contribution is 5.96. The Morgan fingerprint density at radius 2 is 1.50 bits per heavy atom. The highest BCUT2D eigenvalue weighted by Crippen LogP contribution is 2.29. The molecular weight excluding hydrogens is 296 g/mol. The molecule has 0 bridgehead atoms. The van der Waals surface area contributed by atoms with E-state index in [1.165, 1.54) is 51.4 Å². The third kappa shape index (κ3) is 5.67. The molecule has 0 radical (unpaired) electrons. The molecule has 0 fully saturated rings. The van der Waals surface area contributed by atoms with Crippen LogP contribution in [0.25, 0.3) is 10.8 Å². The van der Waals surface area contributed by atoms with Crippen LogP contribution in [0.3, 0.4) is 0 Å². The summed E-state index contributed by atoms with van der Waals surface area (Å²) in [5.41, 5.74) is 0.643. The number of carbonyl (C=O) groups is 1. The first-order chi connectivity index (χ1) is 11.9. The summed E-state index contributed by atoms with van der Waals surface area (Å²) in [7, 11) is 0. The average Bonchev–Trinajstić information content (AvgIpc) is 2.63. The number of carbonyl (C=O) groups excluding carboxylic acids is 1. The maximum absolute atomic E-state index is 11.3. The van der Waals surface area contributed by atoms with Gasteiger partial charge in [-0.2, -0.15) is 0 Å². The number of hydrogen-bond acceptors (Lipinski definition) is 2. The largest absolute Gasteiger partial charge is 0.492 e. The molecule has 0 amide bonds. The molecule has 0 aliphatic heterocycles. The monoisotopic (exact) mass is 326 g/mol. The van der Waals surface area contributed by atoms with Crippen molar-refractivity contribution in [2.45, 2.75) is 64.7 Å². The summed E-state index contributed by atoms with van der Waals surface area (Å²) in [6.45, 7) is 2.94. The van der Waals surface area contributed by atoms with Crippen LogP contribution in [0.1, 0.15) is 75.1 Å². The predicted molar refractivity (Wildman–Crippen MR) is 102 cm³/mol. The van der Waals surface area contributed by atoms with E-state index in [-0.39, 0.29) is 0 Å². The van der Waals surface area contributed by atoms with Crippen LogP contribution in [0, 0.1) is 0 Å². The van der Waals surface area contributed by atoms with E-state index in [4.69, 9.17) is 4.74 Å². The SMILES string of the molecule is CCCCCCCCCCCOc1c(C=O)ccc2ccccc12. The number of hydrogen-bond donors (Lipinski definition) is 0. The standard InChI is InChI=1S/C22H30O2/c1-2-3-4-5-6-7-8-9-12-17-24-22-20(18-23)16-15-19-13-10-11-14-21(19)22/h10-11,13-16,18H,2-9,12,17H2,1H3. The second-order valence-corrected chi connectivity index (χ2v) is 6.50. The molecule has 2 aromatic carbocycles. The Hall–Kier alpha value is -1.83. The van der Waals surface area contributed by atoms with Gasteiger partial charge in [-0.25, -0.2) is 0 Å². The quantitative estimate of drug-likeness (QED) is 0.326. The second-order valence-electron chi connectivity index (χ2n) is 6.50. The fourth-order valence-electron chi connectivity index (χ4n) is 3.10. The van der Waals surface area contributed by atoms with Crippen molar-refractivity contribution in [2.24, 2.45) is 0 Å². The molecule has 2 nitrogen and oxygen atoms in total. The minimum atomic E-state index is 0.643. The summed E-state index contributed by atoms with van der Waals surface area (Å²) in [6.07, 6.45) is 12.6. The second kappa shape index (κ2) is 10.9. The van der Waals surface area contributed by atoms with Gasteiger partial charge in [-0.3, -0.25) is 4.79 Å². The van der Waals surface area contributed by atoms with E-state index in [1.54, 1.807) is 0 Å². The van der Waals surface area contributed by atoms with Gasteiger partial charge < -0.3 is 4.74 Å². The lowest BCUT2D eigenvalue weighted by Gasteiger charge is -2.11. The van der Waals surface area contributed by atoms with E-state index in [2.05, 4.69) is 13.0 Å². The van der Waals surface area contributed by atoms with Crippen LogP contribution in [-0.2, 0) is 0 Å². The van der Waals surface area contributed by atoms with E-state index in [9.17, 15) is 4.79 Å². The lowest BCUT2D eigenvalue weighted by atomic mass is 10.1. The van der Waals surface area contributed by atoms with Crippen LogP contribution in [0.5, 0.6) is 5.75 Å². The first kappa shape index (κ1) is 18.5. The van der Waals surface area contributed by atoms with Gasteiger partial charge in [0, 0.05) is 5.39 Å². The predicted octanol–water partition coefficient (Wildman–Crippen LogP) is 6.56. The molecule has 0 unspecified atom stereocenters. The molecule has 24 heavy (non-hydrogen) atoms. The smallest absolute Gasteiger partial charge is 0.153 e. The molecule has 0 aliphatic carbocycles. The molecule has 0 heterocycles. The van der Waals surface area contributed by atoms with Crippen LogP contribution in [0.4, 0.5) is 0 Å². The summed E-state index contributed by atoms with van der Waals surface area (Å²) in [6, 6.07) is 11.9. The molecule has 0 saturated carbocycles. The Balaban J connectivity index is 1.73. The van der Waals surface area contributed by atoms with E-state index in [0.717, 1.165) is 29.2 Å². The Kier molecular flexibility index (Phi) is 8.37. The van der Waals surface area contributed by atoms with Crippen LogP contribution in [-0.4, -0.2) is 12.9 Å². The Morgan fingerprint density at radius 3 is 2.21 bits per heavy atom. The zero-order chi connectivity index (χ0) is 17.0. The highest BCUT2D eigenvalue weighted by Gasteiger charge is 2.08. The first-order valence-corrected chi connectivity index (χ1v) is 9.46. The third-order valence-corrected chi connectivity index (χ3v) is 4.53. The first-order valence-electron chi connectivity index (χ1n) is 9.46. The van der Waals surface area contributed by atoms with Crippen molar-refractivity contribution in [1.82, 2.24) is 0 Å². The van der Waals surface area contributed by atoms with Crippen molar-refractivity contribution in [1.29, 1.82) is 0 Å². The molecule has 0 saturated heterocycles. The number of unbranched alkanes of at least 4 members (excludes halogenated alkanes) is 8. The molecule has 2 aromatic rings. The molecule has 0 aliphatic rings. The summed E-state index contributed by atoms with van der Waals surface area (Å²) in [5, 5.41) is 2.14. The molecule has 2 rings (SSSR count). The fraction of sp³-hybridized carbons (Fsp3) is 0.500.